The van der Waals surface area contributed by atoms with Crippen molar-refractivity contribution in [1.29, 1.82) is 0 Å². The van der Waals surface area contributed by atoms with Gasteiger partial charge < -0.3 is 41.1 Å². The molecule has 2 aliphatic heterocycles. The predicted octanol–water partition coefficient (Wildman–Crippen LogP) is 0.0535. The molecule has 2 aliphatic rings. The number of nitrogens with one attached hydrogen (secondary N) is 1. The Bertz CT molecular complexity index is 1050. The Morgan fingerprint density at radius 1 is 1.16 bits per heavy atom. The van der Waals surface area contributed by atoms with Crippen molar-refractivity contribution in [3.05, 3.63) is 63.8 Å². The van der Waals surface area contributed by atoms with E-state index >= 15 is 8.63 Å². The molecule has 10 heteroatoms. The summed E-state index contributed by atoms with van der Waals surface area (Å²) >= 11 is 1.45. The van der Waals surface area contributed by atoms with Crippen LogP contribution in [0.4, 0.5) is 8.63 Å². The average Bonchev–Trinajstić information content (AvgIpc) is 3.48. The number of amides is 1. The van der Waals surface area contributed by atoms with Gasteiger partial charge in [0.2, 0.25) is 5.91 Å². The van der Waals surface area contributed by atoms with E-state index in [2.05, 4.69) is 11.1 Å². The summed E-state index contributed by atoms with van der Waals surface area (Å²) in [6.45, 7) is -2.47. The highest BCUT2D eigenvalue weighted by atomic mass is 35.5. The summed E-state index contributed by atoms with van der Waals surface area (Å²) in [5.74, 6) is -0.0933. The number of carbonyl (C=O) groups excluding carboxylic acids is 1. The number of quaternary nitrogens is 1. The molecule has 2 aromatic heterocycles. The molecule has 4 rings (SSSR count). The van der Waals surface area contributed by atoms with Gasteiger partial charge in [-0.1, -0.05) is 12.5 Å². The molecule has 1 amide bonds. The molecule has 0 spiro atoms. The van der Waals surface area contributed by atoms with Gasteiger partial charge in [-0.05, 0) is 55.0 Å². The van der Waals surface area contributed by atoms with Gasteiger partial charge in [0.25, 0.3) is 0 Å². The fraction of sp³-hybridized carbons (Fsp3) is 0.364. The third kappa shape index (κ3) is 4.90. The van der Waals surface area contributed by atoms with Crippen LogP contribution < -0.4 is 23.5 Å². The summed E-state index contributed by atoms with van der Waals surface area (Å²) in [6, 6.07) is 7.15. The molecule has 0 unspecified atom stereocenters. The summed E-state index contributed by atoms with van der Waals surface area (Å²) in [7, 11) is 0. The summed E-state index contributed by atoms with van der Waals surface area (Å²) in [4.78, 5) is 13.0. The minimum atomic E-state index is -4.04. The number of aryl methyl sites for hydroxylation is 1. The second-order valence-electron chi connectivity index (χ2n) is 7.96. The first-order chi connectivity index (χ1) is 15.0. The Labute approximate surface area is 197 Å². The van der Waals surface area contributed by atoms with Crippen LogP contribution in [0.15, 0.2) is 47.5 Å². The monoisotopic (exact) mass is 480 g/mol. The molecule has 172 valence electrons. The number of nitrogens with zero attached hydrogens (tertiary/aromatic N) is 2. The van der Waals surface area contributed by atoms with E-state index in [1.54, 1.807) is 30.4 Å². The van der Waals surface area contributed by atoms with Crippen LogP contribution in [0, 0.1) is 0 Å². The van der Waals surface area contributed by atoms with Crippen LogP contribution in [-0.4, -0.2) is 40.6 Å². The van der Waals surface area contributed by atoms with Crippen LogP contribution in [0.25, 0.3) is 6.08 Å². The van der Waals surface area contributed by atoms with E-state index < -0.39 is 6.97 Å². The van der Waals surface area contributed by atoms with E-state index in [4.69, 9.17) is 0 Å². The molecule has 32 heavy (non-hydrogen) atoms. The normalized spacial score (nSPS) is 15.8. The van der Waals surface area contributed by atoms with E-state index in [9.17, 15) is 4.79 Å². The van der Waals surface area contributed by atoms with E-state index in [1.165, 1.54) is 11.3 Å². The van der Waals surface area contributed by atoms with Gasteiger partial charge >= 0.3 is 6.97 Å². The zero-order valence-corrected chi connectivity index (χ0v) is 19.5. The third-order valence-electron chi connectivity index (χ3n) is 5.78. The number of thiophene rings is 1. The highest BCUT2D eigenvalue weighted by molar-refractivity contribution is 7.12. The molecule has 0 saturated carbocycles. The Morgan fingerprint density at radius 3 is 2.72 bits per heavy atom. The summed E-state index contributed by atoms with van der Waals surface area (Å²) < 4.78 is 33.7. The van der Waals surface area contributed by atoms with Crippen molar-refractivity contribution in [2.45, 2.75) is 38.5 Å². The van der Waals surface area contributed by atoms with Gasteiger partial charge in [-0.25, -0.2) is 0 Å². The second-order valence-corrected chi connectivity index (χ2v) is 8.91. The lowest BCUT2D eigenvalue weighted by Gasteiger charge is -2.30. The fourth-order valence-electron chi connectivity index (χ4n) is 4.24. The zero-order valence-electron chi connectivity index (χ0n) is 17.9. The number of fused-ring (bicyclic) bond motifs is 2. The van der Waals surface area contributed by atoms with Crippen molar-refractivity contribution >= 4 is 36.0 Å². The highest BCUT2D eigenvalue weighted by Crippen LogP contribution is 2.34. The molecule has 0 fully saturated rings. The first-order valence-corrected chi connectivity index (χ1v) is 11.8. The van der Waals surface area contributed by atoms with Crippen LogP contribution in [0.5, 0.6) is 0 Å². The Hall–Kier alpha value is -2.23. The van der Waals surface area contributed by atoms with E-state index in [0.29, 0.717) is 29.3 Å². The van der Waals surface area contributed by atoms with E-state index in [0.717, 1.165) is 46.1 Å². The molecular formula is C22H28BClF2N4OS. The number of hydrogen-bond donors (Lipinski definition) is 2. The van der Waals surface area contributed by atoms with Gasteiger partial charge in [-0.3, -0.25) is 4.79 Å². The van der Waals surface area contributed by atoms with Crippen LogP contribution in [0.3, 0.4) is 0 Å². The molecule has 0 atom stereocenters. The third-order valence-corrected chi connectivity index (χ3v) is 6.67. The van der Waals surface area contributed by atoms with E-state index in [-0.39, 0.29) is 31.2 Å². The van der Waals surface area contributed by atoms with Gasteiger partial charge in [-0.2, -0.15) is 0 Å². The van der Waals surface area contributed by atoms with Gasteiger partial charge in [0.1, 0.15) is 0 Å². The number of hydrogen-bond acceptors (Lipinski definition) is 2. The standard InChI is InChI=1S/C22H27BF2N4OS.ClH/c24-23(25)28-17(10-12-22(30)27-14-4-2-1-3-13-26)7-8-18(28)16-19-9-11-20(29(19)23)21-6-5-15-31-21;/h5-9,11,15-16H,1-4,10,12-14,26H2,(H,27,30);1H. The summed E-state index contributed by atoms with van der Waals surface area (Å²) in [6.07, 6.45) is 9.99. The quantitative estimate of drug-likeness (QED) is 0.366. The van der Waals surface area contributed by atoms with Crippen LogP contribution in [0.2, 0.25) is 0 Å². The maximum absolute atomic E-state index is 15.7. The lowest BCUT2D eigenvalue weighted by atomic mass is 9.90. The Kier molecular flexibility index (Phi) is 8.08. The fourth-order valence-corrected chi connectivity index (χ4v) is 4.99. The predicted molar refractivity (Wildman–Crippen MR) is 121 cm³/mol. The van der Waals surface area contributed by atoms with Crippen molar-refractivity contribution in [3.63, 3.8) is 0 Å². The maximum Gasteiger partial charge on any atom is 0.737 e. The van der Waals surface area contributed by atoms with Gasteiger partial charge in [0.05, 0.1) is 11.4 Å². The van der Waals surface area contributed by atoms with Crippen molar-refractivity contribution < 1.29 is 36.1 Å². The highest BCUT2D eigenvalue weighted by Gasteiger charge is 2.52. The number of halogens is 3. The van der Waals surface area contributed by atoms with Crippen LogP contribution in [0.1, 0.15) is 48.4 Å². The van der Waals surface area contributed by atoms with Gasteiger partial charge in [-0.15, -0.1) is 11.3 Å². The number of unbranched alkanes of at least 4 members (excludes halogenated alkanes) is 3. The molecule has 5 nitrogen and oxygen atoms in total. The Balaban J connectivity index is 0.00000289. The molecule has 2 aromatic rings. The van der Waals surface area contributed by atoms with Crippen molar-refractivity contribution in [2.24, 2.45) is 0 Å². The molecule has 4 N–H and O–H groups in total. The smallest absolute Gasteiger partial charge is 0.737 e. The Morgan fingerprint density at radius 2 is 1.97 bits per heavy atom. The molecule has 0 aromatic carbocycles. The maximum atomic E-state index is 15.7. The summed E-state index contributed by atoms with van der Waals surface area (Å²) in [5, 5.41) is 4.79. The SMILES string of the molecule is [Cl-].[NH3+]CCCCCCNC(=O)CCc1ccc2n1[B-](F)(F)[N+]1=C(c3cccs3)C=CC1=C2. The molecule has 4 heterocycles. The number of allylic oxidation sites excluding steroid dienone is 2. The van der Waals surface area contributed by atoms with Crippen molar-refractivity contribution in [1.82, 2.24) is 9.79 Å². The number of rotatable bonds is 10. The number of carbonyl (C=O) groups is 1. The molecule has 0 bridgehead atoms. The van der Waals surface area contributed by atoms with Gasteiger partial charge in [0, 0.05) is 36.9 Å². The molecule has 0 aliphatic carbocycles. The van der Waals surface area contributed by atoms with Crippen molar-refractivity contribution in [3.8, 4) is 0 Å². The first kappa shape index (κ1) is 24.4. The van der Waals surface area contributed by atoms with Crippen molar-refractivity contribution in [2.75, 3.05) is 13.1 Å². The van der Waals surface area contributed by atoms with E-state index in [1.807, 2.05) is 17.5 Å². The average molecular weight is 481 g/mol. The van der Waals surface area contributed by atoms with Crippen LogP contribution in [-0.2, 0) is 11.2 Å². The lowest BCUT2D eigenvalue weighted by molar-refractivity contribution is -0.368. The minimum absolute atomic E-state index is 0. The van der Waals surface area contributed by atoms with Gasteiger partial charge in [0.15, 0.2) is 11.4 Å². The molecule has 0 saturated heterocycles. The summed E-state index contributed by atoms with van der Waals surface area (Å²) in [5.41, 5.74) is 5.81. The number of aromatic nitrogens is 1. The topological polar surface area (TPSA) is 64.7 Å². The lowest BCUT2D eigenvalue weighted by Crippen LogP contribution is -3.00. The zero-order chi connectivity index (χ0) is 21.8. The largest absolute Gasteiger partial charge is 1.00 e. The second kappa shape index (κ2) is 10.6. The minimum Gasteiger partial charge on any atom is -1.00 e. The van der Waals surface area contributed by atoms with Crippen LogP contribution >= 0.6 is 11.3 Å². The molecular weight excluding hydrogens is 453 g/mol. The molecule has 0 radical (unpaired) electrons. The first-order valence-electron chi connectivity index (χ1n) is 10.9.